The molecule has 1 aliphatic carbocycles. The summed E-state index contributed by atoms with van der Waals surface area (Å²) in [5, 5.41) is 8.61. The topological polar surface area (TPSA) is 91.4 Å². The molecule has 4 amide bonds. The lowest BCUT2D eigenvalue weighted by Crippen LogP contribution is -2.54. The number of rotatable bonds is 5. The smallest absolute Gasteiger partial charge is 0.325 e. The predicted octanol–water partition coefficient (Wildman–Crippen LogP) is 3.02. The standard InChI is InChI=1S/C20H30N4O3S/c1-12(2)16-22-14(10-28-16)8-21-15(25)9-24-17(26)20(23-18(24)27)7-13(3)6-19(4,5)11-20/h10,12-13H,6-9,11H2,1-5H3,(H,21,25)(H,23,27). The van der Waals surface area contributed by atoms with E-state index in [-0.39, 0.29) is 23.8 Å². The number of amides is 4. The summed E-state index contributed by atoms with van der Waals surface area (Å²) in [6.45, 7) is 10.5. The Balaban J connectivity index is 1.61. The van der Waals surface area contributed by atoms with Gasteiger partial charge in [0.2, 0.25) is 5.91 Å². The lowest BCUT2D eigenvalue weighted by Gasteiger charge is -2.43. The van der Waals surface area contributed by atoms with E-state index in [9.17, 15) is 14.4 Å². The van der Waals surface area contributed by atoms with Gasteiger partial charge in [0.05, 0.1) is 17.2 Å². The maximum absolute atomic E-state index is 13.1. The van der Waals surface area contributed by atoms with Crippen LogP contribution < -0.4 is 10.6 Å². The van der Waals surface area contributed by atoms with E-state index in [1.54, 1.807) is 11.3 Å². The van der Waals surface area contributed by atoms with Crippen LogP contribution >= 0.6 is 11.3 Å². The summed E-state index contributed by atoms with van der Waals surface area (Å²) in [7, 11) is 0. The molecule has 1 saturated heterocycles. The first-order valence-electron chi connectivity index (χ1n) is 9.86. The van der Waals surface area contributed by atoms with Crippen LogP contribution in [0.5, 0.6) is 0 Å². The van der Waals surface area contributed by atoms with Gasteiger partial charge in [-0.05, 0) is 30.6 Å². The predicted molar refractivity (Wildman–Crippen MR) is 108 cm³/mol. The third kappa shape index (κ3) is 4.21. The Hall–Kier alpha value is -1.96. The first-order valence-corrected chi connectivity index (χ1v) is 10.7. The fourth-order valence-electron chi connectivity index (χ4n) is 4.71. The number of hydrogen-bond donors (Lipinski definition) is 2. The highest BCUT2D eigenvalue weighted by atomic mass is 32.1. The molecule has 0 aromatic carbocycles. The molecule has 1 aliphatic heterocycles. The quantitative estimate of drug-likeness (QED) is 0.736. The molecule has 2 N–H and O–H groups in total. The van der Waals surface area contributed by atoms with Crippen LogP contribution in [0.3, 0.4) is 0 Å². The van der Waals surface area contributed by atoms with E-state index in [1.165, 1.54) is 0 Å². The third-order valence-electron chi connectivity index (χ3n) is 5.46. The second-order valence-electron chi connectivity index (χ2n) is 9.37. The number of imide groups is 1. The minimum absolute atomic E-state index is 0.0301. The zero-order chi connectivity index (χ0) is 20.7. The van der Waals surface area contributed by atoms with Crippen molar-refractivity contribution in [1.29, 1.82) is 0 Å². The van der Waals surface area contributed by atoms with Gasteiger partial charge in [0.1, 0.15) is 12.1 Å². The van der Waals surface area contributed by atoms with Gasteiger partial charge in [-0.25, -0.2) is 9.78 Å². The molecular formula is C20H30N4O3S. The van der Waals surface area contributed by atoms with Gasteiger partial charge in [0.15, 0.2) is 0 Å². The Morgan fingerprint density at radius 2 is 2.11 bits per heavy atom. The van der Waals surface area contributed by atoms with Crippen LogP contribution in [0.1, 0.15) is 70.5 Å². The van der Waals surface area contributed by atoms with Crippen molar-refractivity contribution < 1.29 is 14.4 Å². The Bertz CT molecular complexity index is 788. The molecule has 0 radical (unpaired) electrons. The van der Waals surface area contributed by atoms with E-state index >= 15 is 0 Å². The number of carbonyl (C=O) groups excluding carboxylic acids is 3. The lowest BCUT2D eigenvalue weighted by molar-refractivity contribution is -0.137. The number of urea groups is 1. The summed E-state index contributed by atoms with van der Waals surface area (Å²) in [5.74, 6) is 0.0473. The normalized spacial score (nSPS) is 26.8. The highest BCUT2D eigenvalue weighted by Gasteiger charge is 2.56. The first-order chi connectivity index (χ1) is 13.0. The monoisotopic (exact) mass is 406 g/mol. The molecule has 2 aliphatic rings. The fraction of sp³-hybridized carbons (Fsp3) is 0.700. The molecule has 2 heterocycles. The highest BCUT2D eigenvalue weighted by Crippen LogP contribution is 2.46. The average molecular weight is 407 g/mol. The van der Waals surface area contributed by atoms with Gasteiger partial charge < -0.3 is 10.6 Å². The number of nitrogens with zero attached hydrogens (tertiary/aromatic N) is 2. The van der Waals surface area contributed by atoms with Crippen LogP contribution in [0.2, 0.25) is 0 Å². The van der Waals surface area contributed by atoms with Crippen molar-refractivity contribution in [3.05, 3.63) is 16.1 Å². The second-order valence-corrected chi connectivity index (χ2v) is 10.3. The molecular weight excluding hydrogens is 376 g/mol. The van der Waals surface area contributed by atoms with Crippen LogP contribution in [-0.4, -0.2) is 39.8 Å². The molecule has 2 fully saturated rings. The van der Waals surface area contributed by atoms with Gasteiger partial charge in [0, 0.05) is 11.3 Å². The molecule has 1 aromatic rings. The molecule has 1 spiro atoms. The molecule has 7 nitrogen and oxygen atoms in total. The van der Waals surface area contributed by atoms with E-state index < -0.39 is 11.6 Å². The van der Waals surface area contributed by atoms with E-state index in [2.05, 4.69) is 50.2 Å². The summed E-state index contributed by atoms with van der Waals surface area (Å²) in [6.07, 6.45) is 2.24. The van der Waals surface area contributed by atoms with Crippen LogP contribution in [0.15, 0.2) is 5.38 Å². The average Bonchev–Trinajstić information content (AvgIpc) is 3.11. The molecule has 28 heavy (non-hydrogen) atoms. The van der Waals surface area contributed by atoms with Gasteiger partial charge in [-0.3, -0.25) is 14.5 Å². The summed E-state index contributed by atoms with van der Waals surface area (Å²) in [4.78, 5) is 43.4. The minimum atomic E-state index is -0.875. The van der Waals surface area contributed by atoms with Crippen molar-refractivity contribution in [2.45, 2.75) is 71.9 Å². The van der Waals surface area contributed by atoms with Crippen molar-refractivity contribution >= 4 is 29.2 Å². The summed E-state index contributed by atoms with van der Waals surface area (Å²) in [6, 6.07) is -0.471. The molecule has 2 atom stereocenters. The molecule has 2 unspecified atom stereocenters. The Morgan fingerprint density at radius 3 is 2.71 bits per heavy atom. The van der Waals surface area contributed by atoms with Gasteiger partial charge in [-0.15, -0.1) is 11.3 Å². The van der Waals surface area contributed by atoms with E-state index in [0.717, 1.165) is 22.0 Å². The van der Waals surface area contributed by atoms with Gasteiger partial charge in [0.25, 0.3) is 5.91 Å². The van der Waals surface area contributed by atoms with Crippen molar-refractivity contribution in [2.24, 2.45) is 11.3 Å². The van der Waals surface area contributed by atoms with E-state index in [4.69, 9.17) is 0 Å². The summed E-state index contributed by atoms with van der Waals surface area (Å²) >= 11 is 1.57. The van der Waals surface area contributed by atoms with Crippen LogP contribution in [0, 0.1) is 11.3 Å². The number of aromatic nitrogens is 1. The Morgan fingerprint density at radius 1 is 1.39 bits per heavy atom. The van der Waals surface area contributed by atoms with Crippen LogP contribution in [0.25, 0.3) is 0 Å². The number of carbonyl (C=O) groups is 3. The maximum atomic E-state index is 13.1. The van der Waals surface area contributed by atoms with Crippen molar-refractivity contribution in [2.75, 3.05) is 6.54 Å². The Kier molecular flexibility index (Phi) is 5.53. The Labute approximate surface area is 170 Å². The van der Waals surface area contributed by atoms with Crippen LogP contribution in [-0.2, 0) is 16.1 Å². The molecule has 8 heteroatoms. The molecule has 154 valence electrons. The van der Waals surface area contributed by atoms with Gasteiger partial charge in [-0.2, -0.15) is 0 Å². The zero-order valence-corrected chi connectivity index (χ0v) is 18.1. The summed E-state index contributed by atoms with van der Waals surface area (Å²) in [5.41, 5.74) is -0.115. The van der Waals surface area contributed by atoms with Crippen LogP contribution in [0.4, 0.5) is 4.79 Å². The molecule has 0 bridgehead atoms. The summed E-state index contributed by atoms with van der Waals surface area (Å²) < 4.78 is 0. The van der Waals surface area contributed by atoms with E-state index in [0.29, 0.717) is 31.2 Å². The number of nitrogens with one attached hydrogen (secondary N) is 2. The van der Waals surface area contributed by atoms with Crippen molar-refractivity contribution in [3.8, 4) is 0 Å². The fourth-order valence-corrected chi connectivity index (χ4v) is 5.54. The maximum Gasteiger partial charge on any atom is 0.325 e. The van der Waals surface area contributed by atoms with Crippen molar-refractivity contribution in [3.63, 3.8) is 0 Å². The minimum Gasteiger partial charge on any atom is -0.349 e. The molecule has 1 saturated carbocycles. The molecule has 1 aromatic heterocycles. The first kappa shape index (κ1) is 20.8. The SMILES string of the molecule is CC1CC(C)(C)CC2(C1)NC(=O)N(CC(=O)NCc1csc(C(C)C)n1)C2=O. The number of hydrogen-bond acceptors (Lipinski definition) is 5. The molecule has 3 rings (SSSR count). The van der Waals surface area contributed by atoms with Gasteiger partial charge >= 0.3 is 6.03 Å². The highest BCUT2D eigenvalue weighted by molar-refractivity contribution is 7.09. The number of thiazole rings is 1. The van der Waals surface area contributed by atoms with Gasteiger partial charge in [-0.1, -0.05) is 34.6 Å². The third-order valence-corrected chi connectivity index (χ3v) is 6.65. The second kappa shape index (κ2) is 7.46. The zero-order valence-electron chi connectivity index (χ0n) is 17.3. The van der Waals surface area contributed by atoms with E-state index in [1.807, 2.05) is 5.38 Å². The lowest BCUT2D eigenvalue weighted by atomic mass is 9.64. The largest absolute Gasteiger partial charge is 0.349 e. The van der Waals surface area contributed by atoms with Crippen molar-refractivity contribution in [1.82, 2.24) is 20.5 Å².